The molecule has 0 spiro atoms. The summed E-state index contributed by atoms with van der Waals surface area (Å²) in [7, 11) is 0. The van der Waals surface area contributed by atoms with Gasteiger partial charge in [0.05, 0.1) is 24.4 Å². The van der Waals surface area contributed by atoms with Gasteiger partial charge in [0.1, 0.15) is 23.5 Å². The number of nitrogens with one attached hydrogen (secondary N) is 3. The Morgan fingerprint density at radius 1 is 1.16 bits per heavy atom. The van der Waals surface area contributed by atoms with Crippen LogP contribution in [0.2, 0.25) is 0 Å². The number of halogens is 2. The number of aromatic amines is 1. The van der Waals surface area contributed by atoms with Crippen molar-refractivity contribution >= 4 is 17.7 Å². The first kappa shape index (κ1) is 27.7. The van der Waals surface area contributed by atoms with Gasteiger partial charge in [-0.3, -0.25) is 14.4 Å². The van der Waals surface area contributed by atoms with Gasteiger partial charge in [-0.15, -0.1) is 0 Å². The third-order valence-corrected chi connectivity index (χ3v) is 7.75. The molecule has 206 valence electrons. The topological polar surface area (TPSA) is 107 Å². The number of carbonyl (C=O) groups is 3. The minimum atomic E-state index is -1.02. The number of nitrogens with zero attached hydrogens (tertiary/aromatic N) is 2. The lowest BCUT2D eigenvalue weighted by Crippen LogP contribution is -2.52. The highest BCUT2D eigenvalue weighted by Crippen LogP contribution is 2.44. The molecular weight excluding hydrogens is 492 g/mol. The van der Waals surface area contributed by atoms with Crippen LogP contribution >= 0.6 is 0 Å². The van der Waals surface area contributed by atoms with Crippen molar-refractivity contribution < 1.29 is 23.2 Å². The summed E-state index contributed by atoms with van der Waals surface area (Å²) in [6.07, 6.45) is 4.96. The maximum absolute atomic E-state index is 14.2. The summed E-state index contributed by atoms with van der Waals surface area (Å²) < 4.78 is 27.5. The standard InChI is InChI=1S/C28H37F2N5O3/c1-15(2)20-12-21(20)27(37)34-23(13-25(36)35-10-6-5-7-16(35)3)28(38)32-17(4)26-31-14-24(33-26)19-9-8-18(29)11-22(19)30/h8-9,11,14-17,20-21,23H,5-7,10,12-13H2,1-4H3,(H,31,33)(H,32,38)(H,34,37)/t16-,17?,20?,21?,23?/m0/s1. The molecule has 2 fully saturated rings. The van der Waals surface area contributed by atoms with Crippen molar-refractivity contribution in [2.24, 2.45) is 17.8 Å². The first-order valence-corrected chi connectivity index (χ1v) is 13.5. The smallest absolute Gasteiger partial charge is 0.243 e. The molecule has 1 saturated heterocycles. The lowest BCUT2D eigenvalue weighted by Gasteiger charge is -2.34. The molecule has 2 aliphatic rings. The maximum Gasteiger partial charge on any atom is 0.243 e. The summed E-state index contributed by atoms with van der Waals surface area (Å²) in [6, 6.07) is 1.71. The number of aromatic nitrogens is 2. The van der Waals surface area contributed by atoms with Crippen LogP contribution in [0, 0.1) is 29.4 Å². The van der Waals surface area contributed by atoms with Crippen molar-refractivity contribution in [1.82, 2.24) is 25.5 Å². The van der Waals surface area contributed by atoms with E-state index in [1.807, 2.05) is 6.92 Å². The highest BCUT2D eigenvalue weighted by atomic mass is 19.1. The largest absolute Gasteiger partial charge is 0.345 e. The maximum atomic E-state index is 14.2. The first-order chi connectivity index (χ1) is 18.0. The van der Waals surface area contributed by atoms with E-state index in [0.29, 0.717) is 24.0 Å². The molecule has 3 amide bonds. The lowest BCUT2D eigenvalue weighted by atomic mass is 10.0. The molecule has 0 bridgehead atoms. The molecule has 3 N–H and O–H groups in total. The molecule has 2 aromatic rings. The molecule has 1 aromatic heterocycles. The molecule has 10 heteroatoms. The Morgan fingerprint density at radius 2 is 1.92 bits per heavy atom. The predicted molar refractivity (Wildman–Crippen MR) is 139 cm³/mol. The van der Waals surface area contributed by atoms with Crippen LogP contribution in [-0.2, 0) is 14.4 Å². The van der Waals surface area contributed by atoms with Gasteiger partial charge in [0.2, 0.25) is 17.7 Å². The van der Waals surface area contributed by atoms with E-state index in [1.54, 1.807) is 11.8 Å². The fourth-order valence-corrected chi connectivity index (χ4v) is 5.29. The van der Waals surface area contributed by atoms with Gasteiger partial charge in [0.25, 0.3) is 0 Å². The van der Waals surface area contributed by atoms with Crippen LogP contribution in [-0.4, -0.2) is 51.2 Å². The van der Waals surface area contributed by atoms with Crippen LogP contribution in [0.4, 0.5) is 8.78 Å². The Balaban J connectivity index is 1.45. The minimum absolute atomic E-state index is 0.0942. The van der Waals surface area contributed by atoms with Gasteiger partial charge in [-0.25, -0.2) is 13.8 Å². The molecule has 38 heavy (non-hydrogen) atoms. The van der Waals surface area contributed by atoms with Gasteiger partial charge < -0.3 is 20.5 Å². The van der Waals surface area contributed by atoms with Crippen molar-refractivity contribution in [3.63, 3.8) is 0 Å². The van der Waals surface area contributed by atoms with Crippen LogP contribution in [0.1, 0.15) is 71.7 Å². The van der Waals surface area contributed by atoms with Crippen molar-refractivity contribution in [3.05, 3.63) is 41.9 Å². The summed E-state index contributed by atoms with van der Waals surface area (Å²) >= 11 is 0. The number of hydrogen-bond donors (Lipinski definition) is 3. The van der Waals surface area contributed by atoms with Crippen LogP contribution < -0.4 is 10.6 Å². The Kier molecular flexibility index (Phi) is 8.47. The summed E-state index contributed by atoms with van der Waals surface area (Å²) in [5.74, 6) is -1.40. The van der Waals surface area contributed by atoms with Crippen molar-refractivity contribution in [2.75, 3.05) is 6.54 Å². The second-order valence-electron chi connectivity index (χ2n) is 11.0. The Bertz CT molecular complexity index is 1180. The van der Waals surface area contributed by atoms with Crippen LogP contribution in [0.25, 0.3) is 11.3 Å². The number of piperidine rings is 1. The zero-order valence-electron chi connectivity index (χ0n) is 22.4. The molecule has 2 heterocycles. The molecule has 0 radical (unpaired) electrons. The second-order valence-corrected chi connectivity index (χ2v) is 11.0. The van der Waals surface area contributed by atoms with Crippen LogP contribution in [0.15, 0.2) is 24.4 Å². The highest BCUT2D eigenvalue weighted by molar-refractivity contribution is 5.93. The van der Waals surface area contributed by atoms with Gasteiger partial charge in [-0.05, 0) is 63.5 Å². The van der Waals surface area contributed by atoms with Crippen molar-refractivity contribution in [2.45, 2.75) is 77.9 Å². The monoisotopic (exact) mass is 529 g/mol. The fraction of sp³-hybridized carbons (Fsp3) is 0.571. The summed E-state index contributed by atoms with van der Waals surface area (Å²) in [4.78, 5) is 48.4. The SMILES string of the molecule is CC(NC(=O)C(CC(=O)N1CCCC[C@@H]1C)NC(=O)C1CC1C(C)C)c1ncc(-c2ccc(F)cc2F)[nH]1. The van der Waals surface area contributed by atoms with Gasteiger partial charge in [-0.2, -0.15) is 0 Å². The zero-order valence-corrected chi connectivity index (χ0v) is 22.4. The quantitative estimate of drug-likeness (QED) is 0.455. The molecule has 1 aromatic carbocycles. The number of amides is 3. The van der Waals surface area contributed by atoms with E-state index in [2.05, 4.69) is 34.4 Å². The minimum Gasteiger partial charge on any atom is -0.345 e. The van der Waals surface area contributed by atoms with E-state index < -0.39 is 29.6 Å². The molecule has 8 nitrogen and oxygen atoms in total. The number of imidazole rings is 1. The molecule has 1 saturated carbocycles. The van der Waals surface area contributed by atoms with E-state index in [0.717, 1.165) is 37.8 Å². The molecule has 4 unspecified atom stereocenters. The average Bonchev–Trinajstić information content (AvgIpc) is 3.53. The summed E-state index contributed by atoms with van der Waals surface area (Å²) in [5, 5.41) is 5.67. The summed E-state index contributed by atoms with van der Waals surface area (Å²) in [5.41, 5.74) is 0.491. The van der Waals surface area contributed by atoms with Gasteiger partial charge in [0.15, 0.2) is 0 Å². The van der Waals surface area contributed by atoms with E-state index >= 15 is 0 Å². The molecule has 1 aliphatic heterocycles. The van der Waals surface area contributed by atoms with E-state index in [9.17, 15) is 23.2 Å². The highest BCUT2D eigenvalue weighted by Gasteiger charge is 2.45. The molecular formula is C28H37F2N5O3. The zero-order chi connectivity index (χ0) is 27.6. The van der Waals surface area contributed by atoms with Crippen LogP contribution in [0.5, 0.6) is 0 Å². The molecule has 1 aliphatic carbocycles. The Hall–Kier alpha value is -3.30. The summed E-state index contributed by atoms with van der Waals surface area (Å²) in [6.45, 7) is 8.49. The van der Waals surface area contributed by atoms with Crippen LogP contribution in [0.3, 0.4) is 0 Å². The second kappa shape index (κ2) is 11.6. The van der Waals surface area contributed by atoms with Crippen molar-refractivity contribution in [1.29, 1.82) is 0 Å². The Labute approximate surface area is 222 Å². The third-order valence-electron chi connectivity index (χ3n) is 7.75. The number of carbonyl (C=O) groups excluding carboxylic acids is 3. The molecule has 5 atom stereocenters. The van der Waals surface area contributed by atoms with Gasteiger partial charge >= 0.3 is 0 Å². The normalized spacial score (nSPS) is 22.6. The lowest BCUT2D eigenvalue weighted by molar-refractivity contribution is -0.138. The van der Waals surface area contributed by atoms with Gasteiger partial charge in [-0.1, -0.05) is 13.8 Å². The predicted octanol–water partition coefficient (Wildman–Crippen LogP) is 4.10. The van der Waals surface area contributed by atoms with Gasteiger partial charge in [0, 0.05) is 30.1 Å². The first-order valence-electron chi connectivity index (χ1n) is 13.5. The number of H-pyrrole nitrogens is 1. The van der Waals surface area contributed by atoms with E-state index in [4.69, 9.17) is 0 Å². The number of likely N-dealkylation sites (tertiary alicyclic amines) is 1. The van der Waals surface area contributed by atoms with E-state index in [1.165, 1.54) is 12.3 Å². The Morgan fingerprint density at radius 3 is 2.58 bits per heavy atom. The average molecular weight is 530 g/mol. The molecule has 4 rings (SSSR count). The number of hydrogen-bond acceptors (Lipinski definition) is 4. The fourth-order valence-electron chi connectivity index (χ4n) is 5.29. The number of rotatable bonds is 9. The number of benzene rings is 1. The third kappa shape index (κ3) is 6.39. The van der Waals surface area contributed by atoms with Crippen molar-refractivity contribution in [3.8, 4) is 11.3 Å². The van der Waals surface area contributed by atoms with E-state index in [-0.39, 0.29) is 41.7 Å².